The molecular weight excluding hydrogens is 421 g/mol. The first-order chi connectivity index (χ1) is 14.2. The predicted molar refractivity (Wildman–Crippen MR) is 105 cm³/mol. The van der Waals surface area contributed by atoms with Crippen LogP contribution in [-0.2, 0) is 4.79 Å². The van der Waals surface area contributed by atoms with Crippen molar-refractivity contribution < 1.29 is 22.9 Å². The molecule has 0 unspecified atom stereocenters. The molecule has 156 valence electrons. The lowest BCUT2D eigenvalue weighted by atomic mass is 10.1. The van der Waals surface area contributed by atoms with Crippen LogP contribution in [0.5, 0.6) is 0 Å². The van der Waals surface area contributed by atoms with Gasteiger partial charge in [-0.25, -0.2) is 4.98 Å². The van der Waals surface area contributed by atoms with Crippen molar-refractivity contribution in [1.29, 1.82) is 0 Å². The van der Waals surface area contributed by atoms with Crippen molar-refractivity contribution in [2.45, 2.75) is 11.3 Å². The number of non-ortho nitro benzene ring substituents is 1. The third-order valence-electron chi connectivity index (χ3n) is 3.88. The number of nitro benzene ring substituents is 1. The Morgan fingerprint density at radius 3 is 2.57 bits per heavy atom. The number of amides is 1. The summed E-state index contributed by atoms with van der Waals surface area (Å²) in [5, 5.41) is 13.2. The minimum Gasteiger partial charge on any atom is -0.346 e. The maximum atomic E-state index is 12.3. The summed E-state index contributed by atoms with van der Waals surface area (Å²) in [5.41, 5.74) is 1.56. The lowest BCUT2D eigenvalue weighted by Gasteiger charge is -2.09. The fraction of sp³-hybridized carbons (Fsp3) is 0.158. The summed E-state index contributed by atoms with van der Waals surface area (Å²) < 4.78 is 38.5. The van der Waals surface area contributed by atoms with Crippen molar-refractivity contribution in [3.63, 3.8) is 0 Å². The van der Waals surface area contributed by atoms with Crippen LogP contribution in [0.3, 0.4) is 0 Å². The molecule has 0 saturated heterocycles. The number of benzene rings is 2. The summed E-state index contributed by atoms with van der Waals surface area (Å²) in [4.78, 5) is 26.7. The second-order valence-electron chi connectivity index (χ2n) is 6.10. The third-order valence-corrected chi connectivity index (χ3v) is 4.83. The lowest BCUT2D eigenvalue weighted by molar-refractivity contribution is -0.384. The Labute approximate surface area is 173 Å². The van der Waals surface area contributed by atoms with Crippen LogP contribution in [0.4, 0.5) is 18.9 Å². The highest BCUT2D eigenvalue weighted by Crippen LogP contribution is 2.29. The molecule has 0 aliphatic rings. The van der Waals surface area contributed by atoms with Crippen LogP contribution in [0.25, 0.3) is 16.9 Å². The first kappa shape index (κ1) is 21.4. The second kappa shape index (κ2) is 8.99. The minimum absolute atomic E-state index is 0.0949. The third kappa shape index (κ3) is 5.60. The fourth-order valence-electron chi connectivity index (χ4n) is 2.54. The smallest absolute Gasteiger partial charge is 0.346 e. The van der Waals surface area contributed by atoms with Gasteiger partial charge in [0.25, 0.3) is 5.69 Å². The van der Waals surface area contributed by atoms with E-state index in [0.717, 1.165) is 17.4 Å². The number of aromatic nitrogens is 2. The molecule has 0 fully saturated rings. The fourth-order valence-corrected chi connectivity index (χ4v) is 3.36. The number of carbonyl (C=O) groups excluding carboxylic acids is 1. The molecule has 2 aromatic carbocycles. The highest BCUT2D eigenvalue weighted by atomic mass is 32.2. The van der Waals surface area contributed by atoms with Crippen LogP contribution in [0.1, 0.15) is 0 Å². The molecule has 1 amide bonds. The Balaban J connectivity index is 1.87. The number of nitro groups is 1. The van der Waals surface area contributed by atoms with Crippen molar-refractivity contribution >= 4 is 23.4 Å². The number of imidazole rings is 1. The summed E-state index contributed by atoms with van der Waals surface area (Å²) in [6.45, 7) is -1.40. The summed E-state index contributed by atoms with van der Waals surface area (Å²) in [5.74, 6) is -1.05. The molecular formula is C19H15F3N4O3S. The van der Waals surface area contributed by atoms with Crippen molar-refractivity contribution in [3.05, 3.63) is 70.9 Å². The van der Waals surface area contributed by atoms with Gasteiger partial charge < -0.3 is 5.32 Å². The molecule has 3 aromatic rings. The highest BCUT2D eigenvalue weighted by molar-refractivity contribution is 7.99. The average molecular weight is 436 g/mol. The van der Waals surface area contributed by atoms with Gasteiger partial charge in [-0.3, -0.25) is 19.5 Å². The summed E-state index contributed by atoms with van der Waals surface area (Å²) in [6, 6.07) is 14.9. The van der Waals surface area contributed by atoms with Crippen molar-refractivity contribution in [2.75, 3.05) is 12.3 Å². The van der Waals surface area contributed by atoms with E-state index in [-0.39, 0.29) is 11.4 Å². The molecule has 11 heteroatoms. The maximum Gasteiger partial charge on any atom is 0.405 e. The molecule has 30 heavy (non-hydrogen) atoms. The molecule has 1 N–H and O–H groups in total. The number of halogens is 3. The molecule has 3 rings (SSSR count). The van der Waals surface area contributed by atoms with E-state index in [1.165, 1.54) is 18.2 Å². The molecule has 0 aliphatic carbocycles. The number of alkyl halides is 3. The molecule has 0 bridgehead atoms. The minimum atomic E-state index is -4.49. The van der Waals surface area contributed by atoms with E-state index in [9.17, 15) is 28.1 Å². The van der Waals surface area contributed by atoms with Crippen LogP contribution in [0.2, 0.25) is 0 Å². The number of hydrogen-bond acceptors (Lipinski definition) is 5. The van der Waals surface area contributed by atoms with Crippen LogP contribution >= 0.6 is 11.8 Å². The van der Waals surface area contributed by atoms with E-state index in [2.05, 4.69) is 4.98 Å². The SMILES string of the molecule is O=C(CSc1nc(-c2cccc([N+](=O)[O-])c2)cn1-c1ccccc1)NCC(F)(F)F. The van der Waals surface area contributed by atoms with Gasteiger partial charge in [-0.1, -0.05) is 42.1 Å². The van der Waals surface area contributed by atoms with E-state index in [4.69, 9.17) is 0 Å². The average Bonchev–Trinajstić information content (AvgIpc) is 3.15. The van der Waals surface area contributed by atoms with Gasteiger partial charge >= 0.3 is 6.18 Å². The topological polar surface area (TPSA) is 90.1 Å². The van der Waals surface area contributed by atoms with Gasteiger partial charge in [-0.2, -0.15) is 13.2 Å². The van der Waals surface area contributed by atoms with Crippen LogP contribution in [0, 0.1) is 10.1 Å². The Hall–Kier alpha value is -3.34. The Morgan fingerprint density at radius 1 is 1.17 bits per heavy atom. The van der Waals surface area contributed by atoms with E-state index < -0.39 is 23.6 Å². The number of hydrogen-bond donors (Lipinski definition) is 1. The van der Waals surface area contributed by atoms with Gasteiger partial charge in [0.15, 0.2) is 5.16 Å². The molecule has 0 atom stereocenters. The van der Waals surface area contributed by atoms with E-state index in [1.807, 2.05) is 11.4 Å². The number of nitrogens with zero attached hydrogens (tertiary/aromatic N) is 3. The Morgan fingerprint density at radius 2 is 1.90 bits per heavy atom. The molecule has 0 spiro atoms. The van der Waals surface area contributed by atoms with E-state index in [1.54, 1.807) is 41.1 Å². The zero-order valence-corrected chi connectivity index (χ0v) is 16.1. The molecule has 0 radical (unpaired) electrons. The first-order valence-electron chi connectivity index (χ1n) is 8.59. The van der Waals surface area contributed by atoms with Crippen molar-refractivity contribution in [1.82, 2.24) is 14.9 Å². The van der Waals surface area contributed by atoms with Gasteiger partial charge in [0, 0.05) is 29.6 Å². The first-order valence-corrected chi connectivity index (χ1v) is 9.57. The monoisotopic (exact) mass is 436 g/mol. The van der Waals surface area contributed by atoms with Gasteiger partial charge in [-0.05, 0) is 12.1 Å². The number of rotatable bonds is 7. The summed E-state index contributed by atoms with van der Waals surface area (Å²) >= 11 is 0.965. The number of para-hydroxylation sites is 1. The van der Waals surface area contributed by atoms with Crippen molar-refractivity contribution in [3.8, 4) is 16.9 Å². The maximum absolute atomic E-state index is 12.3. The molecule has 7 nitrogen and oxygen atoms in total. The van der Waals surface area contributed by atoms with Gasteiger partial charge in [0.1, 0.15) is 6.54 Å². The molecule has 1 aromatic heterocycles. The number of thioether (sulfide) groups is 1. The number of nitrogens with one attached hydrogen (secondary N) is 1. The van der Waals surface area contributed by atoms with Crippen LogP contribution in [-0.4, -0.2) is 38.9 Å². The molecule has 0 saturated carbocycles. The Bertz CT molecular complexity index is 1050. The Kier molecular flexibility index (Phi) is 6.40. The summed E-state index contributed by atoms with van der Waals surface area (Å²) in [6.07, 6.45) is -2.83. The largest absolute Gasteiger partial charge is 0.405 e. The highest BCUT2D eigenvalue weighted by Gasteiger charge is 2.27. The standard InChI is InChI=1S/C19H15F3N4O3S/c20-19(21,22)12-23-17(27)11-30-18-24-16(10-25(18)14-6-2-1-3-7-14)13-5-4-8-15(9-13)26(28)29/h1-10H,11-12H2,(H,23,27). The van der Waals surface area contributed by atoms with Crippen molar-refractivity contribution in [2.24, 2.45) is 0 Å². The lowest BCUT2D eigenvalue weighted by Crippen LogP contribution is -2.34. The van der Waals surface area contributed by atoms with E-state index >= 15 is 0 Å². The zero-order valence-electron chi connectivity index (χ0n) is 15.3. The quantitative estimate of drug-likeness (QED) is 0.340. The van der Waals surface area contributed by atoms with Gasteiger partial charge in [0.2, 0.25) is 5.91 Å². The van der Waals surface area contributed by atoms with Crippen LogP contribution in [0.15, 0.2) is 66.0 Å². The normalized spacial score (nSPS) is 11.3. The molecule has 1 heterocycles. The van der Waals surface area contributed by atoms with Gasteiger partial charge in [-0.15, -0.1) is 0 Å². The zero-order chi connectivity index (χ0) is 21.7. The van der Waals surface area contributed by atoms with E-state index in [0.29, 0.717) is 16.4 Å². The summed E-state index contributed by atoms with van der Waals surface area (Å²) in [7, 11) is 0. The molecule has 0 aliphatic heterocycles. The van der Waals surface area contributed by atoms with Crippen LogP contribution < -0.4 is 5.32 Å². The second-order valence-corrected chi connectivity index (χ2v) is 7.04. The number of carbonyl (C=O) groups is 1. The van der Waals surface area contributed by atoms with Gasteiger partial charge in [0.05, 0.1) is 16.4 Å². The predicted octanol–water partition coefficient (Wildman–Crippen LogP) is 4.22.